The summed E-state index contributed by atoms with van der Waals surface area (Å²) in [4.78, 5) is 16.6. The number of likely N-dealkylation sites (N-methyl/N-ethyl adjacent to an activating group) is 1. The van der Waals surface area contributed by atoms with E-state index in [0.29, 0.717) is 41.2 Å². The molecule has 0 spiro atoms. The lowest BCUT2D eigenvalue weighted by Crippen LogP contribution is -2.31. The molecule has 5 rings (SSSR count). The molecule has 38 heavy (non-hydrogen) atoms. The number of thiocarbonyl (C=S) groups is 1. The summed E-state index contributed by atoms with van der Waals surface area (Å²) in [7, 11) is 3.39. The van der Waals surface area contributed by atoms with Gasteiger partial charge in [-0.15, -0.1) is 0 Å². The Morgan fingerprint density at radius 3 is 2.37 bits per heavy atom. The first-order valence-electron chi connectivity index (χ1n) is 12.3. The molecular weight excluding hydrogens is 496 g/mol. The molecule has 1 amide bonds. The number of carbonyl (C=O) groups excluding carboxylic acids is 1. The third kappa shape index (κ3) is 5.06. The molecule has 1 heterocycles. The van der Waals surface area contributed by atoms with E-state index in [1.54, 1.807) is 25.1 Å². The number of benzene rings is 4. The summed E-state index contributed by atoms with van der Waals surface area (Å²) < 4.78 is 17.2. The topological polar surface area (TPSA) is 51.2 Å². The zero-order valence-electron chi connectivity index (χ0n) is 21.5. The van der Waals surface area contributed by atoms with Crippen LogP contribution in [0.3, 0.4) is 0 Å². The Balaban J connectivity index is 1.34. The van der Waals surface area contributed by atoms with Crippen LogP contribution in [0.1, 0.15) is 18.1 Å². The molecule has 192 valence electrons. The van der Waals surface area contributed by atoms with Crippen LogP contribution in [0.15, 0.2) is 90.6 Å². The minimum absolute atomic E-state index is 0.197. The quantitative estimate of drug-likeness (QED) is 0.196. The molecule has 0 aromatic heterocycles. The number of carbonyl (C=O) groups is 1. The highest BCUT2D eigenvalue weighted by atomic mass is 32.1. The maximum absolute atomic E-state index is 13.4. The SMILES string of the molecule is CCOc1ccc(N2C(=O)/C(=C/c3ccc(OCc4ccc5ccccc5c4)c(OC)c3)N(C)C2=S)cc1. The van der Waals surface area contributed by atoms with Crippen LogP contribution in [0.2, 0.25) is 0 Å². The van der Waals surface area contributed by atoms with Gasteiger partial charge < -0.3 is 19.1 Å². The Bertz CT molecular complexity index is 1530. The molecule has 1 fully saturated rings. The summed E-state index contributed by atoms with van der Waals surface area (Å²) in [5, 5.41) is 2.77. The molecular formula is C31H28N2O4S. The highest BCUT2D eigenvalue weighted by Gasteiger charge is 2.36. The van der Waals surface area contributed by atoms with Gasteiger partial charge in [0.05, 0.1) is 19.4 Å². The minimum Gasteiger partial charge on any atom is -0.494 e. The van der Waals surface area contributed by atoms with Crippen molar-refractivity contribution in [3.63, 3.8) is 0 Å². The molecule has 0 atom stereocenters. The lowest BCUT2D eigenvalue weighted by atomic mass is 10.1. The molecule has 0 bridgehead atoms. The second kappa shape index (κ2) is 10.9. The summed E-state index contributed by atoms with van der Waals surface area (Å²) in [5.74, 6) is 1.75. The highest BCUT2D eigenvalue weighted by molar-refractivity contribution is 7.80. The number of anilines is 1. The van der Waals surface area contributed by atoms with E-state index in [1.165, 1.54) is 15.7 Å². The fourth-order valence-electron chi connectivity index (χ4n) is 4.38. The Morgan fingerprint density at radius 2 is 1.63 bits per heavy atom. The Morgan fingerprint density at radius 1 is 0.868 bits per heavy atom. The normalized spacial score (nSPS) is 14.4. The maximum atomic E-state index is 13.4. The number of amides is 1. The molecule has 4 aromatic carbocycles. The largest absolute Gasteiger partial charge is 0.494 e. The smallest absolute Gasteiger partial charge is 0.281 e. The van der Waals surface area contributed by atoms with Crippen LogP contribution < -0.4 is 19.1 Å². The average molecular weight is 525 g/mol. The maximum Gasteiger partial charge on any atom is 0.281 e. The number of ether oxygens (including phenoxy) is 3. The minimum atomic E-state index is -0.197. The number of hydrogen-bond acceptors (Lipinski definition) is 5. The van der Waals surface area contributed by atoms with Gasteiger partial charge in [-0.05, 0) is 89.6 Å². The van der Waals surface area contributed by atoms with Crippen molar-refractivity contribution in [2.75, 3.05) is 25.7 Å². The summed E-state index contributed by atoms with van der Waals surface area (Å²) in [6.07, 6.45) is 1.80. The van der Waals surface area contributed by atoms with E-state index < -0.39 is 0 Å². The van der Waals surface area contributed by atoms with Crippen molar-refractivity contribution in [1.29, 1.82) is 0 Å². The Labute approximate surface area is 227 Å². The third-order valence-corrected chi connectivity index (χ3v) is 6.82. The van der Waals surface area contributed by atoms with Crippen LogP contribution in [0.25, 0.3) is 16.8 Å². The number of nitrogens with zero attached hydrogens (tertiary/aromatic N) is 2. The van der Waals surface area contributed by atoms with Gasteiger partial charge in [-0.1, -0.05) is 42.5 Å². The number of methoxy groups -OCH3 is 1. The van der Waals surface area contributed by atoms with Gasteiger partial charge >= 0.3 is 0 Å². The highest BCUT2D eigenvalue weighted by Crippen LogP contribution is 2.33. The van der Waals surface area contributed by atoms with Crippen LogP contribution >= 0.6 is 12.2 Å². The standard InChI is InChI=1S/C31H28N2O4S/c1-4-36-26-14-12-25(13-15-26)33-30(34)27(32(2)31(33)38)18-21-10-16-28(29(19-21)35-3)37-20-22-9-11-23-7-5-6-8-24(23)17-22/h5-19H,4,20H2,1-3H3/b27-18-. The first kappa shape index (κ1) is 25.3. The molecule has 7 heteroatoms. The molecule has 6 nitrogen and oxygen atoms in total. The molecule has 0 saturated carbocycles. The van der Waals surface area contributed by atoms with Crippen molar-refractivity contribution in [1.82, 2.24) is 4.90 Å². The lowest BCUT2D eigenvalue weighted by Gasteiger charge is -2.16. The van der Waals surface area contributed by atoms with Crippen molar-refractivity contribution in [2.45, 2.75) is 13.5 Å². The van der Waals surface area contributed by atoms with E-state index in [-0.39, 0.29) is 5.91 Å². The Hall–Kier alpha value is -4.36. The molecule has 0 unspecified atom stereocenters. The molecule has 0 aliphatic carbocycles. The summed E-state index contributed by atoms with van der Waals surface area (Å²) >= 11 is 5.59. The summed E-state index contributed by atoms with van der Waals surface area (Å²) in [6.45, 7) is 2.92. The molecule has 4 aromatic rings. The second-order valence-corrected chi connectivity index (χ2v) is 9.18. The number of hydrogen-bond donors (Lipinski definition) is 0. The van der Waals surface area contributed by atoms with Crippen LogP contribution in [0, 0.1) is 0 Å². The van der Waals surface area contributed by atoms with Crippen molar-refractivity contribution < 1.29 is 19.0 Å². The fourth-order valence-corrected chi connectivity index (χ4v) is 4.67. The van der Waals surface area contributed by atoms with E-state index in [2.05, 4.69) is 30.3 Å². The summed E-state index contributed by atoms with van der Waals surface area (Å²) in [6, 6.07) is 27.4. The van der Waals surface area contributed by atoms with Gasteiger partial charge in [0.15, 0.2) is 16.6 Å². The van der Waals surface area contributed by atoms with Gasteiger partial charge in [0.25, 0.3) is 5.91 Å². The fraction of sp³-hybridized carbons (Fsp3) is 0.161. The van der Waals surface area contributed by atoms with Crippen molar-refractivity contribution in [3.8, 4) is 17.2 Å². The van der Waals surface area contributed by atoms with Crippen LogP contribution in [0.4, 0.5) is 5.69 Å². The van der Waals surface area contributed by atoms with E-state index in [4.69, 9.17) is 26.4 Å². The van der Waals surface area contributed by atoms with Crippen LogP contribution in [-0.2, 0) is 11.4 Å². The van der Waals surface area contributed by atoms with Crippen molar-refractivity contribution in [3.05, 3.63) is 102 Å². The zero-order valence-corrected chi connectivity index (χ0v) is 22.3. The second-order valence-electron chi connectivity index (χ2n) is 8.82. The number of rotatable bonds is 8. The monoisotopic (exact) mass is 524 g/mol. The van der Waals surface area contributed by atoms with Gasteiger partial charge in [0, 0.05) is 7.05 Å². The van der Waals surface area contributed by atoms with Gasteiger partial charge in [-0.25, -0.2) is 0 Å². The van der Waals surface area contributed by atoms with Crippen molar-refractivity contribution in [2.24, 2.45) is 0 Å². The molecule has 0 radical (unpaired) electrons. The van der Waals surface area contributed by atoms with E-state index >= 15 is 0 Å². The van der Waals surface area contributed by atoms with E-state index in [0.717, 1.165) is 16.9 Å². The van der Waals surface area contributed by atoms with Gasteiger partial charge in [-0.3, -0.25) is 9.69 Å². The van der Waals surface area contributed by atoms with Gasteiger partial charge in [0.2, 0.25) is 0 Å². The van der Waals surface area contributed by atoms with Crippen LogP contribution in [0.5, 0.6) is 17.2 Å². The molecule has 1 aliphatic heterocycles. The first-order chi connectivity index (χ1) is 18.5. The third-order valence-electron chi connectivity index (χ3n) is 6.37. The molecule has 0 N–H and O–H groups in total. The molecule has 1 aliphatic rings. The predicted octanol–water partition coefficient (Wildman–Crippen LogP) is 6.43. The van der Waals surface area contributed by atoms with Crippen molar-refractivity contribution >= 4 is 45.8 Å². The van der Waals surface area contributed by atoms with Crippen LogP contribution in [-0.4, -0.2) is 36.7 Å². The first-order valence-corrected chi connectivity index (χ1v) is 12.7. The summed E-state index contributed by atoms with van der Waals surface area (Å²) in [5.41, 5.74) is 3.02. The van der Waals surface area contributed by atoms with E-state index in [9.17, 15) is 4.79 Å². The predicted molar refractivity (Wildman–Crippen MR) is 155 cm³/mol. The Kier molecular flexibility index (Phi) is 7.29. The zero-order chi connectivity index (χ0) is 26.6. The lowest BCUT2D eigenvalue weighted by molar-refractivity contribution is -0.114. The molecule has 1 saturated heterocycles. The number of fused-ring (bicyclic) bond motifs is 1. The van der Waals surface area contributed by atoms with Gasteiger partial charge in [0.1, 0.15) is 18.1 Å². The van der Waals surface area contributed by atoms with E-state index in [1.807, 2.05) is 61.5 Å². The average Bonchev–Trinajstić information content (AvgIpc) is 3.15. The van der Waals surface area contributed by atoms with Gasteiger partial charge in [-0.2, -0.15) is 0 Å².